The molecule has 0 heteroatoms. The zero-order valence-corrected chi connectivity index (χ0v) is 17.2. The van der Waals surface area contributed by atoms with Crippen LogP contribution in [0.4, 0.5) is 0 Å². The van der Waals surface area contributed by atoms with Crippen LogP contribution in [0.25, 0.3) is 11.1 Å². The molecule has 0 spiro atoms. The molecule has 1 aliphatic carbocycles. The predicted octanol–water partition coefficient (Wildman–Crippen LogP) is 7.27. The van der Waals surface area contributed by atoms with Crippen molar-refractivity contribution in [2.24, 2.45) is 0 Å². The fourth-order valence-corrected chi connectivity index (χ4v) is 5.00. The van der Waals surface area contributed by atoms with Crippen LogP contribution in [0.2, 0.25) is 0 Å². The standard InChI is InChI=1S/C30H24/c1-21-18-19-27-23(3)29(26-17-11-10-12-22(26)2)30(28(27)20-21,24-13-6-4-7-14-24)25-15-8-5-9-16-25/h4-20H,2-3H2,1H3. The summed E-state index contributed by atoms with van der Waals surface area (Å²) in [5.41, 5.74) is 10.3. The molecule has 0 aliphatic heterocycles. The van der Waals surface area contributed by atoms with Gasteiger partial charge in [0.25, 0.3) is 0 Å². The highest BCUT2D eigenvalue weighted by Crippen LogP contribution is 2.58. The van der Waals surface area contributed by atoms with Crippen LogP contribution in [0.1, 0.15) is 38.9 Å². The molecular formula is C30H24. The molecule has 0 saturated carbocycles. The molecule has 0 fully saturated rings. The van der Waals surface area contributed by atoms with Crippen molar-refractivity contribution in [3.05, 3.63) is 156 Å². The summed E-state index contributed by atoms with van der Waals surface area (Å²) in [6, 6.07) is 36.8. The van der Waals surface area contributed by atoms with Gasteiger partial charge in [0, 0.05) is 0 Å². The molecule has 0 amide bonds. The predicted molar refractivity (Wildman–Crippen MR) is 127 cm³/mol. The Balaban J connectivity index is 1.99. The number of benzene rings is 4. The molecule has 0 heterocycles. The summed E-state index contributed by atoms with van der Waals surface area (Å²) in [7, 11) is 0. The smallest absolute Gasteiger partial charge is 0.0622 e. The fourth-order valence-electron chi connectivity index (χ4n) is 5.00. The maximum Gasteiger partial charge on any atom is 0.0716 e. The molecule has 0 bridgehead atoms. The Bertz CT molecular complexity index is 1200. The molecule has 0 unspecified atom stereocenters. The van der Waals surface area contributed by atoms with Crippen LogP contribution in [0, 0.1) is 20.8 Å². The molecule has 0 N–H and O–H groups in total. The van der Waals surface area contributed by atoms with E-state index >= 15 is 0 Å². The summed E-state index contributed by atoms with van der Waals surface area (Å²) >= 11 is 0. The maximum absolute atomic E-state index is 4.61. The first kappa shape index (κ1) is 18.6. The van der Waals surface area contributed by atoms with E-state index in [-0.39, 0.29) is 0 Å². The van der Waals surface area contributed by atoms with Gasteiger partial charge in [-0.2, -0.15) is 0 Å². The van der Waals surface area contributed by atoms with Crippen LogP contribution in [-0.4, -0.2) is 0 Å². The van der Waals surface area contributed by atoms with Gasteiger partial charge in [-0.25, -0.2) is 0 Å². The molecule has 30 heavy (non-hydrogen) atoms. The van der Waals surface area contributed by atoms with E-state index in [1.165, 1.54) is 33.4 Å². The molecule has 4 aromatic carbocycles. The van der Waals surface area contributed by atoms with E-state index < -0.39 is 5.41 Å². The average molecular weight is 385 g/mol. The number of aryl methyl sites for hydroxylation is 1. The Morgan fingerprint density at radius 3 is 1.77 bits per heavy atom. The first-order valence-electron chi connectivity index (χ1n) is 10.3. The van der Waals surface area contributed by atoms with Crippen molar-refractivity contribution in [3.8, 4) is 0 Å². The Labute approximate surface area is 179 Å². The lowest BCUT2D eigenvalue weighted by Gasteiger charge is -2.36. The lowest BCUT2D eigenvalue weighted by molar-refractivity contribution is 0.812. The van der Waals surface area contributed by atoms with E-state index in [2.05, 4.69) is 118 Å². The van der Waals surface area contributed by atoms with Crippen LogP contribution in [-0.2, 0) is 5.41 Å². The van der Waals surface area contributed by atoms with Crippen molar-refractivity contribution in [3.63, 3.8) is 0 Å². The molecule has 0 atom stereocenters. The molecule has 4 aromatic rings. The summed E-state index contributed by atoms with van der Waals surface area (Å²) in [6.07, 6.45) is 0. The SMILES string of the molecule is [CH2]C1=C(c2ccccc2[CH2])C(c2ccccc2)(c2ccccc2)c2cc(C)ccc21. The lowest BCUT2D eigenvalue weighted by atomic mass is 9.65. The number of rotatable bonds is 3. The average Bonchev–Trinajstić information content (AvgIpc) is 3.04. The van der Waals surface area contributed by atoms with Crippen molar-refractivity contribution in [1.82, 2.24) is 0 Å². The quantitative estimate of drug-likeness (QED) is 0.348. The third-order valence-corrected chi connectivity index (χ3v) is 6.28. The highest BCUT2D eigenvalue weighted by Gasteiger charge is 2.47. The first-order chi connectivity index (χ1) is 14.6. The van der Waals surface area contributed by atoms with E-state index in [9.17, 15) is 0 Å². The van der Waals surface area contributed by atoms with E-state index in [4.69, 9.17) is 0 Å². The maximum atomic E-state index is 4.61. The Hall–Kier alpha value is -3.38. The lowest BCUT2D eigenvalue weighted by Crippen LogP contribution is -2.29. The van der Waals surface area contributed by atoms with Gasteiger partial charge in [-0.3, -0.25) is 0 Å². The van der Waals surface area contributed by atoms with Crippen LogP contribution in [0.15, 0.2) is 103 Å². The van der Waals surface area contributed by atoms with Crippen molar-refractivity contribution >= 4 is 11.1 Å². The molecule has 0 saturated heterocycles. The molecule has 0 aromatic heterocycles. The fraction of sp³-hybridized carbons (Fsp3) is 0.0667. The van der Waals surface area contributed by atoms with E-state index in [1.807, 2.05) is 6.07 Å². The van der Waals surface area contributed by atoms with Crippen LogP contribution in [0.5, 0.6) is 0 Å². The number of fused-ring (bicyclic) bond motifs is 1. The van der Waals surface area contributed by atoms with Crippen molar-refractivity contribution in [2.45, 2.75) is 12.3 Å². The second-order valence-electron chi connectivity index (χ2n) is 8.04. The minimum Gasteiger partial charge on any atom is -0.0622 e. The minimum atomic E-state index is -0.436. The Morgan fingerprint density at radius 2 is 1.17 bits per heavy atom. The molecule has 5 rings (SSSR count). The number of hydrogen-bond donors (Lipinski definition) is 0. The van der Waals surface area contributed by atoms with Crippen LogP contribution < -0.4 is 0 Å². The monoisotopic (exact) mass is 384 g/mol. The molecule has 144 valence electrons. The largest absolute Gasteiger partial charge is 0.0716 e. The van der Waals surface area contributed by atoms with E-state index in [0.717, 1.165) is 16.7 Å². The van der Waals surface area contributed by atoms with Gasteiger partial charge in [-0.1, -0.05) is 109 Å². The van der Waals surface area contributed by atoms with Crippen molar-refractivity contribution in [1.29, 1.82) is 0 Å². The molecule has 0 nitrogen and oxygen atoms in total. The van der Waals surface area contributed by atoms with Crippen molar-refractivity contribution in [2.75, 3.05) is 0 Å². The van der Waals surface area contributed by atoms with Crippen LogP contribution in [0.3, 0.4) is 0 Å². The molecular weight excluding hydrogens is 360 g/mol. The normalized spacial score (nSPS) is 14.6. The third kappa shape index (κ3) is 2.60. The van der Waals surface area contributed by atoms with Gasteiger partial charge in [0.2, 0.25) is 0 Å². The van der Waals surface area contributed by atoms with Gasteiger partial charge in [0.05, 0.1) is 5.41 Å². The first-order valence-corrected chi connectivity index (χ1v) is 10.3. The second-order valence-corrected chi connectivity index (χ2v) is 8.04. The number of allylic oxidation sites excluding steroid dienone is 2. The topological polar surface area (TPSA) is 0 Å². The van der Waals surface area contributed by atoms with Gasteiger partial charge >= 0.3 is 0 Å². The van der Waals surface area contributed by atoms with Gasteiger partial charge in [-0.05, 0) is 65.3 Å². The Kier molecular flexibility index (Phi) is 4.44. The summed E-state index contributed by atoms with van der Waals surface area (Å²) in [6.45, 7) is 11.1. The highest BCUT2D eigenvalue weighted by molar-refractivity contribution is 6.07. The molecule has 1 aliphatic rings. The summed E-state index contributed by atoms with van der Waals surface area (Å²) < 4.78 is 0. The van der Waals surface area contributed by atoms with Gasteiger partial charge < -0.3 is 0 Å². The molecule has 2 radical (unpaired) electrons. The van der Waals surface area contributed by atoms with Crippen molar-refractivity contribution < 1.29 is 0 Å². The third-order valence-electron chi connectivity index (χ3n) is 6.28. The zero-order chi connectivity index (χ0) is 20.7. The van der Waals surface area contributed by atoms with Crippen LogP contribution >= 0.6 is 0 Å². The van der Waals surface area contributed by atoms with Gasteiger partial charge in [-0.15, -0.1) is 0 Å². The van der Waals surface area contributed by atoms with E-state index in [1.54, 1.807) is 0 Å². The van der Waals surface area contributed by atoms with E-state index in [0.29, 0.717) is 0 Å². The highest BCUT2D eigenvalue weighted by atomic mass is 14.5. The summed E-state index contributed by atoms with van der Waals surface area (Å²) in [5.74, 6) is 0. The number of hydrogen-bond acceptors (Lipinski definition) is 0. The second kappa shape index (κ2) is 7.15. The minimum absolute atomic E-state index is 0.436. The zero-order valence-electron chi connectivity index (χ0n) is 17.2. The summed E-state index contributed by atoms with van der Waals surface area (Å²) in [5, 5.41) is 0. The van der Waals surface area contributed by atoms with Gasteiger partial charge in [0.1, 0.15) is 0 Å². The summed E-state index contributed by atoms with van der Waals surface area (Å²) in [4.78, 5) is 0. The van der Waals surface area contributed by atoms with Gasteiger partial charge in [0.15, 0.2) is 0 Å². The Morgan fingerprint density at radius 1 is 0.600 bits per heavy atom.